The molecule has 0 amide bonds. The third-order valence-corrected chi connectivity index (χ3v) is 5.27. The number of esters is 1. The summed E-state index contributed by atoms with van der Waals surface area (Å²) < 4.78 is 9.95. The van der Waals surface area contributed by atoms with Gasteiger partial charge in [-0.2, -0.15) is 0 Å². The third-order valence-electron chi connectivity index (χ3n) is 3.92. The first-order valence-electron chi connectivity index (χ1n) is 8.54. The SMILES string of the molecule is COC(=O)c1cccc(NC(=S)NCCCSc2ccc(OC)cc2)c1C. The van der Waals surface area contributed by atoms with Crippen LogP contribution in [0.3, 0.4) is 0 Å². The van der Waals surface area contributed by atoms with Gasteiger partial charge in [0.2, 0.25) is 0 Å². The van der Waals surface area contributed by atoms with Crippen molar-refractivity contribution in [3.63, 3.8) is 0 Å². The molecule has 27 heavy (non-hydrogen) atoms. The van der Waals surface area contributed by atoms with Crippen molar-refractivity contribution in [1.82, 2.24) is 5.32 Å². The van der Waals surface area contributed by atoms with Crippen LogP contribution in [0.5, 0.6) is 5.75 Å². The maximum atomic E-state index is 11.8. The van der Waals surface area contributed by atoms with Gasteiger partial charge in [0.1, 0.15) is 5.75 Å². The number of nitrogens with one attached hydrogen (secondary N) is 2. The first-order chi connectivity index (χ1) is 13.0. The van der Waals surface area contributed by atoms with E-state index >= 15 is 0 Å². The topological polar surface area (TPSA) is 59.6 Å². The molecular formula is C20H24N2O3S2. The van der Waals surface area contributed by atoms with Gasteiger partial charge in [-0.1, -0.05) is 6.07 Å². The number of hydrogen-bond acceptors (Lipinski definition) is 5. The monoisotopic (exact) mass is 404 g/mol. The van der Waals surface area contributed by atoms with Gasteiger partial charge in [-0.05, 0) is 73.3 Å². The Morgan fingerprint density at radius 1 is 1.15 bits per heavy atom. The van der Waals surface area contributed by atoms with Crippen molar-refractivity contribution in [2.24, 2.45) is 0 Å². The van der Waals surface area contributed by atoms with Gasteiger partial charge in [-0.3, -0.25) is 0 Å². The van der Waals surface area contributed by atoms with E-state index in [0.717, 1.165) is 35.7 Å². The lowest BCUT2D eigenvalue weighted by molar-refractivity contribution is 0.0600. The summed E-state index contributed by atoms with van der Waals surface area (Å²) in [7, 11) is 3.04. The molecule has 2 aromatic carbocycles. The number of carbonyl (C=O) groups excluding carboxylic acids is 1. The van der Waals surface area contributed by atoms with Crippen molar-refractivity contribution in [3.05, 3.63) is 53.6 Å². The van der Waals surface area contributed by atoms with Crippen molar-refractivity contribution in [2.75, 3.05) is 31.8 Å². The van der Waals surface area contributed by atoms with E-state index in [1.165, 1.54) is 12.0 Å². The van der Waals surface area contributed by atoms with Gasteiger partial charge >= 0.3 is 5.97 Å². The van der Waals surface area contributed by atoms with Crippen LogP contribution in [0.4, 0.5) is 5.69 Å². The zero-order chi connectivity index (χ0) is 19.6. The minimum atomic E-state index is -0.356. The molecule has 2 N–H and O–H groups in total. The second-order valence-electron chi connectivity index (χ2n) is 5.73. The van der Waals surface area contributed by atoms with E-state index in [0.29, 0.717) is 10.7 Å². The fourth-order valence-corrected chi connectivity index (χ4v) is 3.47. The van der Waals surface area contributed by atoms with Gasteiger partial charge < -0.3 is 20.1 Å². The van der Waals surface area contributed by atoms with E-state index in [1.54, 1.807) is 31.0 Å². The normalized spacial score (nSPS) is 10.2. The maximum absolute atomic E-state index is 11.8. The number of thiocarbonyl (C=S) groups is 1. The summed E-state index contributed by atoms with van der Waals surface area (Å²) in [5.74, 6) is 1.49. The van der Waals surface area contributed by atoms with Gasteiger partial charge in [0.25, 0.3) is 0 Å². The molecule has 0 fully saturated rings. The Balaban J connectivity index is 1.74. The fraction of sp³-hybridized carbons (Fsp3) is 0.300. The molecule has 0 atom stereocenters. The van der Waals surface area contributed by atoms with Crippen molar-refractivity contribution in [1.29, 1.82) is 0 Å². The third kappa shape index (κ3) is 6.45. The second kappa shape index (κ2) is 10.8. The first-order valence-corrected chi connectivity index (χ1v) is 9.94. The number of ether oxygens (including phenoxy) is 2. The van der Waals surface area contributed by atoms with Crippen LogP contribution < -0.4 is 15.4 Å². The van der Waals surface area contributed by atoms with Gasteiger partial charge in [0.05, 0.1) is 19.8 Å². The highest BCUT2D eigenvalue weighted by atomic mass is 32.2. The number of methoxy groups -OCH3 is 2. The molecule has 0 aliphatic carbocycles. The summed E-state index contributed by atoms with van der Waals surface area (Å²) in [5, 5.41) is 6.88. The van der Waals surface area contributed by atoms with Crippen molar-refractivity contribution < 1.29 is 14.3 Å². The average Bonchev–Trinajstić information content (AvgIpc) is 2.69. The molecule has 0 saturated carbocycles. The molecule has 2 rings (SSSR count). The molecule has 0 spiro atoms. The van der Waals surface area contributed by atoms with Crippen LogP contribution in [0, 0.1) is 6.92 Å². The molecule has 0 radical (unpaired) electrons. The van der Waals surface area contributed by atoms with E-state index in [1.807, 2.05) is 25.1 Å². The van der Waals surface area contributed by atoms with Crippen LogP contribution in [0.2, 0.25) is 0 Å². The van der Waals surface area contributed by atoms with Crippen molar-refractivity contribution >= 4 is 40.7 Å². The van der Waals surface area contributed by atoms with Crippen LogP contribution in [0.15, 0.2) is 47.4 Å². The lowest BCUT2D eigenvalue weighted by Gasteiger charge is -2.14. The van der Waals surface area contributed by atoms with E-state index in [2.05, 4.69) is 22.8 Å². The van der Waals surface area contributed by atoms with Crippen molar-refractivity contribution in [3.8, 4) is 5.75 Å². The largest absolute Gasteiger partial charge is 0.497 e. The molecular weight excluding hydrogens is 380 g/mol. The summed E-state index contributed by atoms with van der Waals surface area (Å²) in [5.41, 5.74) is 2.13. The molecule has 0 bridgehead atoms. The Morgan fingerprint density at radius 2 is 1.89 bits per heavy atom. The predicted octanol–water partition coefficient (Wildman–Crippen LogP) is 4.26. The van der Waals surface area contributed by atoms with Gasteiger partial charge in [-0.15, -0.1) is 11.8 Å². The van der Waals surface area contributed by atoms with Crippen LogP contribution in [0.25, 0.3) is 0 Å². The number of carbonyl (C=O) groups is 1. The number of anilines is 1. The lowest BCUT2D eigenvalue weighted by Crippen LogP contribution is -2.30. The Bertz CT molecular complexity index is 779. The molecule has 7 heteroatoms. The predicted molar refractivity (Wildman–Crippen MR) is 115 cm³/mol. The standard InChI is InChI=1S/C20H24N2O3S2/c1-14-17(19(23)25-3)6-4-7-18(14)22-20(26)21-12-5-13-27-16-10-8-15(24-2)9-11-16/h4,6-11H,5,12-13H2,1-3H3,(H2,21,22,26). The highest BCUT2D eigenvalue weighted by molar-refractivity contribution is 7.99. The van der Waals surface area contributed by atoms with E-state index in [-0.39, 0.29) is 5.97 Å². The van der Waals surface area contributed by atoms with Crippen LogP contribution >= 0.6 is 24.0 Å². The quantitative estimate of drug-likeness (QED) is 0.295. The van der Waals surface area contributed by atoms with E-state index < -0.39 is 0 Å². The molecule has 0 unspecified atom stereocenters. The van der Waals surface area contributed by atoms with Crippen LogP contribution in [0.1, 0.15) is 22.3 Å². The molecule has 0 aromatic heterocycles. The maximum Gasteiger partial charge on any atom is 0.338 e. The second-order valence-corrected chi connectivity index (χ2v) is 7.30. The Hall–Kier alpha value is -2.25. The molecule has 0 aliphatic rings. The lowest BCUT2D eigenvalue weighted by atomic mass is 10.1. The highest BCUT2D eigenvalue weighted by Crippen LogP contribution is 2.22. The summed E-state index contributed by atoms with van der Waals surface area (Å²) in [6.45, 7) is 2.63. The van der Waals surface area contributed by atoms with Gasteiger partial charge in [0.15, 0.2) is 5.11 Å². The van der Waals surface area contributed by atoms with Crippen molar-refractivity contribution in [2.45, 2.75) is 18.2 Å². The molecule has 0 aliphatic heterocycles. The summed E-state index contributed by atoms with van der Waals surface area (Å²) in [6, 6.07) is 13.5. The molecule has 0 saturated heterocycles. The summed E-state index contributed by atoms with van der Waals surface area (Å²) in [6.07, 6.45) is 0.972. The summed E-state index contributed by atoms with van der Waals surface area (Å²) in [4.78, 5) is 13.0. The smallest absolute Gasteiger partial charge is 0.338 e. The van der Waals surface area contributed by atoms with E-state index in [9.17, 15) is 4.79 Å². The zero-order valence-electron chi connectivity index (χ0n) is 15.7. The Kier molecular flexibility index (Phi) is 8.42. The van der Waals surface area contributed by atoms with Gasteiger partial charge in [0, 0.05) is 17.1 Å². The number of benzene rings is 2. The summed E-state index contributed by atoms with van der Waals surface area (Å²) >= 11 is 7.14. The zero-order valence-corrected chi connectivity index (χ0v) is 17.3. The van der Waals surface area contributed by atoms with E-state index in [4.69, 9.17) is 21.7 Å². The number of rotatable bonds is 8. The first kappa shape index (κ1) is 21.1. The number of thioether (sulfide) groups is 1. The Labute approximate surface area is 169 Å². The molecule has 0 heterocycles. The number of hydrogen-bond donors (Lipinski definition) is 2. The average molecular weight is 405 g/mol. The minimum absolute atomic E-state index is 0.356. The molecule has 5 nitrogen and oxygen atoms in total. The Morgan fingerprint density at radius 3 is 2.56 bits per heavy atom. The van der Waals surface area contributed by atoms with Gasteiger partial charge in [-0.25, -0.2) is 4.79 Å². The minimum Gasteiger partial charge on any atom is -0.497 e. The van der Waals surface area contributed by atoms with Crippen LogP contribution in [-0.4, -0.2) is 37.6 Å². The highest BCUT2D eigenvalue weighted by Gasteiger charge is 2.12. The fourth-order valence-electron chi connectivity index (χ4n) is 2.40. The van der Waals surface area contributed by atoms with Crippen LogP contribution in [-0.2, 0) is 4.74 Å². The molecule has 2 aromatic rings. The molecule has 144 valence electrons.